The second-order valence-corrected chi connectivity index (χ2v) is 7.05. The molecule has 1 aromatic heterocycles. The van der Waals surface area contributed by atoms with Crippen molar-refractivity contribution in [3.63, 3.8) is 0 Å². The minimum Gasteiger partial charge on any atom is -0.444 e. The predicted octanol–water partition coefficient (Wildman–Crippen LogP) is 3.36. The molecule has 0 fully saturated rings. The summed E-state index contributed by atoms with van der Waals surface area (Å²) >= 11 is 1.57. The molecule has 1 N–H and O–H groups in total. The third kappa shape index (κ3) is 6.92. The van der Waals surface area contributed by atoms with Gasteiger partial charge >= 0.3 is 6.09 Å². The SMILES string of the molecule is CCCN(CCNCc1cc(C#N)cs1)C(=O)OC(C)(C)C. The highest BCUT2D eigenvalue weighted by Crippen LogP contribution is 2.13. The molecule has 5 nitrogen and oxygen atoms in total. The van der Waals surface area contributed by atoms with Gasteiger partial charge in [-0.25, -0.2) is 4.79 Å². The van der Waals surface area contributed by atoms with Crippen molar-refractivity contribution in [2.45, 2.75) is 46.3 Å². The summed E-state index contributed by atoms with van der Waals surface area (Å²) in [6, 6.07) is 4.01. The highest BCUT2D eigenvalue weighted by Gasteiger charge is 2.21. The van der Waals surface area contributed by atoms with Gasteiger partial charge in [0.15, 0.2) is 0 Å². The zero-order chi connectivity index (χ0) is 16.6. The lowest BCUT2D eigenvalue weighted by atomic mass is 10.2. The van der Waals surface area contributed by atoms with Crippen molar-refractivity contribution in [1.29, 1.82) is 5.26 Å². The molecule has 6 heteroatoms. The highest BCUT2D eigenvalue weighted by molar-refractivity contribution is 7.10. The minimum atomic E-state index is -0.471. The molecule has 0 unspecified atom stereocenters. The molecular formula is C16H25N3O2S. The normalized spacial score (nSPS) is 11.0. The van der Waals surface area contributed by atoms with Crippen molar-refractivity contribution in [1.82, 2.24) is 10.2 Å². The Balaban J connectivity index is 2.38. The number of ether oxygens (including phenoxy) is 1. The van der Waals surface area contributed by atoms with E-state index in [9.17, 15) is 4.79 Å². The summed E-state index contributed by atoms with van der Waals surface area (Å²) in [5, 5.41) is 13.9. The minimum absolute atomic E-state index is 0.265. The molecule has 0 aromatic carbocycles. The Hall–Kier alpha value is -1.58. The van der Waals surface area contributed by atoms with Crippen LogP contribution in [0.25, 0.3) is 0 Å². The Morgan fingerprint density at radius 3 is 2.73 bits per heavy atom. The number of nitriles is 1. The molecule has 0 spiro atoms. The Morgan fingerprint density at radius 2 is 2.18 bits per heavy atom. The third-order valence-electron chi connectivity index (χ3n) is 2.79. The molecule has 0 saturated heterocycles. The van der Waals surface area contributed by atoms with Gasteiger partial charge in [-0.05, 0) is 33.3 Å². The zero-order valence-corrected chi connectivity index (χ0v) is 14.6. The highest BCUT2D eigenvalue weighted by atomic mass is 32.1. The maximum atomic E-state index is 12.1. The number of carbonyl (C=O) groups excluding carboxylic acids is 1. The fraction of sp³-hybridized carbons (Fsp3) is 0.625. The second-order valence-electron chi connectivity index (χ2n) is 6.06. The molecule has 122 valence electrons. The summed E-state index contributed by atoms with van der Waals surface area (Å²) in [5.74, 6) is 0. The van der Waals surface area contributed by atoms with Gasteiger partial charge in [-0.2, -0.15) is 5.26 Å². The molecule has 1 rings (SSSR count). The summed E-state index contributed by atoms with van der Waals surface area (Å²) < 4.78 is 5.41. The van der Waals surface area contributed by atoms with Gasteiger partial charge in [0.05, 0.1) is 5.56 Å². The van der Waals surface area contributed by atoms with E-state index >= 15 is 0 Å². The molecule has 0 radical (unpaired) electrons. The number of nitrogens with zero attached hydrogens (tertiary/aromatic N) is 2. The van der Waals surface area contributed by atoms with Crippen LogP contribution >= 0.6 is 11.3 Å². The van der Waals surface area contributed by atoms with Gasteiger partial charge < -0.3 is 15.0 Å². The van der Waals surface area contributed by atoms with E-state index in [-0.39, 0.29) is 6.09 Å². The molecular weight excluding hydrogens is 298 g/mol. The first-order valence-electron chi connectivity index (χ1n) is 7.52. The van der Waals surface area contributed by atoms with Gasteiger partial charge in [0.2, 0.25) is 0 Å². The van der Waals surface area contributed by atoms with Crippen LogP contribution in [0.1, 0.15) is 44.6 Å². The van der Waals surface area contributed by atoms with Crippen molar-refractivity contribution < 1.29 is 9.53 Å². The van der Waals surface area contributed by atoms with Crippen LogP contribution in [-0.2, 0) is 11.3 Å². The smallest absolute Gasteiger partial charge is 0.410 e. The van der Waals surface area contributed by atoms with Gasteiger partial charge in [-0.15, -0.1) is 11.3 Å². The number of carbonyl (C=O) groups is 1. The Labute approximate surface area is 136 Å². The largest absolute Gasteiger partial charge is 0.444 e. The van der Waals surface area contributed by atoms with E-state index in [1.165, 1.54) is 0 Å². The van der Waals surface area contributed by atoms with Crippen LogP contribution in [0, 0.1) is 11.3 Å². The quantitative estimate of drug-likeness (QED) is 0.781. The molecule has 0 saturated carbocycles. The van der Waals surface area contributed by atoms with E-state index in [1.54, 1.807) is 16.2 Å². The van der Waals surface area contributed by atoms with Crippen LogP contribution in [0.15, 0.2) is 11.4 Å². The van der Waals surface area contributed by atoms with Gasteiger partial charge in [0, 0.05) is 36.4 Å². The molecule has 1 aromatic rings. The van der Waals surface area contributed by atoms with Crippen molar-refractivity contribution in [2.75, 3.05) is 19.6 Å². The summed E-state index contributed by atoms with van der Waals surface area (Å²) in [5.41, 5.74) is 0.226. The Morgan fingerprint density at radius 1 is 1.45 bits per heavy atom. The third-order valence-corrected chi connectivity index (χ3v) is 3.72. The summed E-state index contributed by atoms with van der Waals surface area (Å²) in [6.07, 6.45) is 0.634. The van der Waals surface area contributed by atoms with E-state index in [0.717, 1.165) is 11.3 Å². The number of amides is 1. The zero-order valence-electron chi connectivity index (χ0n) is 13.8. The first-order chi connectivity index (χ1) is 10.4. The van der Waals surface area contributed by atoms with E-state index in [4.69, 9.17) is 10.00 Å². The van der Waals surface area contributed by atoms with Crippen LogP contribution in [0.3, 0.4) is 0 Å². The maximum Gasteiger partial charge on any atom is 0.410 e. The van der Waals surface area contributed by atoms with Gasteiger partial charge in [0.25, 0.3) is 0 Å². The number of hydrogen-bond donors (Lipinski definition) is 1. The summed E-state index contributed by atoms with van der Waals surface area (Å²) in [4.78, 5) is 14.9. The van der Waals surface area contributed by atoms with Crippen LogP contribution in [-0.4, -0.2) is 36.2 Å². The average molecular weight is 323 g/mol. The van der Waals surface area contributed by atoms with E-state index < -0.39 is 5.60 Å². The monoisotopic (exact) mass is 323 g/mol. The molecule has 0 aliphatic heterocycles. The molecule has 1 amide bonds. The fourth-order valence-corrected chi connectivity index (χ4v) is 2.63. The number of nitrogens with one attached hydrogen (secondary N) is 1. The molecule has 0 atom stereocenters. The van der Waals surface area contributed by atoms with Crippen molar-refractivity contribution in [3.05, 3.63) is 21.9 Å². The van der Waals surface area contributed by atoms with Gasteiger partial charge in [0.1, 0.15) is 11.7 Å². The van der Waals surface area contributed by atoms with Crippen LogP contribution < -0.4 is 5.32 Å². The Kier molecular flexibility index (Phi) is 7.36. The lowest BCUT2D eigenvalue weighted by molar-refractivity contribution is 0.0252. The second kappa shape index (κ2) is 8.76. The average Bonchev–Trinajstić information content (AvgIpc) is 2.88. The van der Waals surface area contributed by atoms with Crippen molar-refractivity contribution >= 4 is 17.4 Å². The summed E-state index contributed by atoms with van der Waals surface area (Å²) in [6.45, 7) is 10.4. The van der Waals surface area contributed by atoms with Crippen LogP contribution in [0.2, 0.25) is 0 Å². The number of thiophene rings is 1. The standard InChI is InChI=1S/C16H25N3O2S/c1-5-7-19(15(20)21-16(2,3)4)8-6-18-11-14-9-13(10-17)12-22-14/h9,12,18H,5-8,11H2,1-4H3. The van der Waals surface area contributed by atoms with E-state index in [0.29, 0.717) is 31.7 Å². The van der Waals surface area contributed by atoms with Crippen LogP contribution in [0.4, 0.5) is 4.79 Å². The van der Waals surface area contributed by atoms with Crippen LogP contribution in [0.5, 0.6) is 0 Å². The predicted molar refractivity (Wildman–Crippen MR) is 88.8 cm³/mol. The lowest BCUT2D eigenvalue weighted by Crippen LogP contribution is -2.40. The topological polar surface area (TPSA) is 65.4 Å². The first-order valence-corrected chi connectivity index (χ1v) is 8.40. The fourth-order valence-electron chi connectivity index (χ4n) is 1.85. The summed E-state index contributed by atoms with van der Waals surface area (Å²) in [7, 11) is 0. The van der Waals surface area contributed by atoms with E-state index in [1.807, 2.05) is 39.1 Å². The molecule has 0 bridgehead atoms. The van der Waals surface area contributed by atoms with Gasteiger partial charge in [-0.3, -0.25) is 0 Å². The molecule has 1 heterocycles. The lowest BCUT2D eigenvalue weighted by Gasteiger charge is -2.27. The van der Waals surface area contributed by atoms with Gasteiger partial charge in [-0.1, -0.05) is 6.92 Å². The van der Waals surface area contributed by atoms with Crippen molar-refractivity contribution in [2.24, 2.45) is 0 Å². The maximum absolute atomic E-state index is 12.1. The van der Waals surface area contributed by atoms with E-state index in [2.05, 4.69) is 11.4 Å². The molecule has 0 aliphatic rings. The first kappa shape index (κ1) is 18.5. The molecule has 22 heavy (non-hydrogen) atoms. The molecule has 0 aliphatic carbocycles. The number of rotatable bonds is 7. The van der Waals surface area contributed by atoms with Crippen molar-refractivity contribution in [3.8, 4) is 6.07 Å². The Bertz CT molecular complexity index is 514. The number of hydrogen-bond acceptors (Lipinski definition) is 5.